The summed E-state index contributed by atoms with van der Waals surface area (Å²) in [5.41, 5.74) is 4.73. The lowest BCUT2D eigenvalue weighted by atomic mass is 10.2. The Kier molecular flexibility index (Phi) is 2.98. The Labute approximate surface area is 133 Å². The van der Waals surface area contributed by atoms with E-state index in [0.29, 0.717) is 5.76 Å². The van der Waals surface area contributed by atoms with Gasteiger partial charge in [-0.3, -0.25) is 4.79 Å². The predicted molar refractivity (Wildman–Crippen MR) is 91.9 cm³/mol. The van der Waals surface area contributed by atoms with E-state index in [-0.39, 0.29) is 5.91 Å². The molecule has 114 valence electrons. The molecule has 0 aliphatic heterocycles. The molecule has 0 saturated heterocycles. The van der Waals surface area contributed by atoms with E-state index >= 15 is 0 Å². The second-order valence-electron chi connectivity index (χ2n) is 5.86. The van der Waals surface area contributed by atoms with E-state index in [0.717, 1.165) is 38.8 Å². The number of benzene rings is 2. The smallest absolute Gasteiger partial charge is 0.291 e. The van der Waals surface area contributed by atoms with Crippen molar-refractivity contribution in [2.45, 2.75) is 13.8 Å². The molecule has 0 bridgehead atoms. The summed E-state index contributed by atoms with van der Waals surface area (Å²) < 4.78 is 5.66. The van der Waals surface area contributed by atoms with E-state index in [9.17, 15) is 4.79 Å². The number of nitrogens with one attached hydrogen (secondary N) is 2. The second kappa shape index (κ2) is 5.02. The molecule has 0 unspecified atom stereocenters. The van der Waals surface area contributed by atoms with Crippen molar-refractivity contribution in [3.05, 3.63) is 65.5 Å². The molecule has 0 atom stereocenters. The van der Waals surface area contributed by atoms with Gasteiger partial charge in [0.15, 0.2) is 5.76 Å². The molecule has 0 aliphatic rings. The molecule has 2 heterocycles. The number of rotatable bonds is 2. The fraction of sp³-hybridized carbons (Fsp3) is 0.105. The number of anilines is 1. The first-order valence-electron chi connectivity index (χ1n) is 7.49. The van der Waals surface area contributed by atoms with Crippen molar-refractivity contribution in [2.24, 2.45) is 0 Å². The van der Waals surface area contributed by atoms with Crippen LogP contribution < -0.4 is 5.32 Å². The van der Waals surface area contributed by atoms with Crippen molar-refractivity contribution >= 4 is 33.5 Å². The van der Waals surface area contributed by atoms with E-state index in [1.165, 1.54) is 0 Å². The Morgan fingerprint density at radius 2 is 1.87 bits per heavy atom. The highest BCUT2D eigenvalue weighted by Gasteiger charge is 2.13. The SMILES string of the molecule is Cc1ccc2cc(C(=O)Nc3ccc4[nH]c(C)cc4c3)oc2c1. The first-order valence-corrected chi connectivity index (χ1v) is 7.49. The van der Waals surface area contributed by atoms with Crippen molar-refractivity contribution in [3.8, 4) is 0 Å². The molecule has 0 saturated carbocycles. The second-order valence-corrected chi connectivity index (χ2v) is 5.86. The van der Waals surface area contributed by atoms with Crippen LogP contribution >= 0.6 is 0 Å². The van der Waals surface area contributed by atoms with Crippen LogP contribution in [0.2, 0.25) is 0 Å². The summed E-state index contributed by atoms with van der Waals surface area (Å²) in [4.78, 5) is 15.7. The molecule has 2 N–H and O–H groups in total. The van der Waals surface area contributed by atoms with Crippen LogP contribution in [0.3, 0.4) is 0 Å². The van der Waals surface area contributed by atoms with Gasteiger partial charge in [0, 0.05) is 27.7 Å². The maximum atomic E-state index is 12.4. The van der Waals surface area contributed by atoms with Gasteiger partial charge < -0.3 is 14.7 Å². The van der Waals surface area contributed by atoms with Crippen LogP contribution in [0, 0.1) is 13.8 Å². The Morgan fingerprint density at radius 1 is 1.00 bits per heavy atom. The van der Waals surface area contributed by atoms with E-state index < -0.39 is 0 Å². The summed E-state index contributed by atoms with van der Waals surface area (Å²) in [6.45, 7) is 4.00. The van der Waals surface area contributed by atoms with Gasteiger partial charge in [0.2, 0.25) is 0 Å². The molecule has 4 nitrogen and oxygen atoms in total. The van der Waals surface area contributed by atoms with Crippen LogP contribution in [0.15, 0.2) is 52.9 Å². The van der Waals surface area contributed by atoms with Crippen molar-refractivity contribution in [1.29, 1.82) is 0 Å². The van der Waals surface area contributed by atoms with Crippen molar-refractivity contribution in [3.63, 3.8) is 0 Å². The quantitative estimate of drug-likeness (QED) is 0.559. The predicted octanol–water partition coefficient (Wildman–Crippen LogP) is 4.78. The lowest BCUT2D eigenvalue weighted by Gasteiger charge is -2.03. The first-order chi connectivity index (χ1) is 11.1. The van der Waals surface area contributed by atoms with E-state index in [2.05, 4.69) is 16.4 Å². The normalized spacial score (nSPS) is 11.2. The zero-order valence-electron chi connectivity index (χ0n) is 12.9. The number of fused-ring (bicyclic) bond motifs is 2. The first kappa shape index (κ1) is 13.6. The highest BCUT2D eigenvalue weighted by atomic mass is 16.3. The summed E-state index contributed by atoms with van der Waals surface area (Å²) in [6, 6.07) is 15.5. The monoisotopic (exact) mass is 304 g/mol. The van der Waals surface area contributed by atoms with E-state index in [1.54, 1.807) is 6.07 Å². The summed E-state index contributed by atoms with van der Waals surface area (Å²) in [6.07, 6.45) is 0. The van der Waals surface area contributed by atoms with E-state index in [4.69, 9.17) is 4.42 Å². The molecule has 0 aliphatic carbocycles. The number of furan rings is 1. The molecule has 0 radical (unpaired) electrons. The van der Waals surface area contributed by atoms with E-state index in [1.807, 2.05) is 50.2 Å². The Hall–Kier alpha value is -3.01. The third-order valence-corrected chi connectivity index (χ3v) is 3.91. The molecular weight excluding hydrogens is 288 g/mol. The highest BCUT2D eigenvalue weighted by molar-refractivity contribution is 6.05. The fourth-order valence-corrected chi connectivity index (χ4v) is 2.80. The van der Waals surface area contributed by atoms with Gasteiger partial charge in [-0.05, 0) is 55.8 Å². The van der Waals surface area contributed by atoms with Crippen LogP contribution in [0.25, 0.3) is 21.9 Å². The maximum Gasteiger partial charge on any atom is 0.291 e. The topological polar surface area (TPSA) is 58.0 Å². The Morgan fingerprint density at radius 3 is 2.74 bits per heavy atom. The van der Waals surface area contributed by atoms with Crippen molar-refractivity contribution in [2.75, 3.05) is 5.32 Å². The summed E-state index contributed by atoms with van der Waals surface area (Å²) in [5.74, 6) is 0.0707. The van der Waals surface area contributed by atoms with Gasteiger partial charge in [-0.25, -0.2) is 0 Å². The van der Waals surface area contributed by atoms with Crippen LogP contribution in [0.5, 0.6) is 0 Å². The van der Waals surface area contributed by atoms with Gasteiger partial charge in [-0.15, -0.1) is 0 Å². The zero-order valence-corrected chi connectivity index (χ0v) is 12.9. The minimum atomic E-state index is -0.245. The Bertz CT molecular complexity index is 1040. The number of carbonyl (C=O) groups excluding carboxylic acids is 1. The van der Waals surface area contributed by atoms with Gasteiger partial charge >= 0.3 is 0 Å². The van der Waals surface area contributed by atoms with Crippen LogP contribution in [-0.4, -0.2) is 10.9 Å². The fourth-order valence-electron chi connectivity index (χ4n) is 2.80. The molecule has 2 aromatic carbocycles. The zero-order chi connectivity index (χ0) is 16.0. The summed E-state index contributed by atoms with van der Waals surface area (Å²) >= 11 is 0. The minimum absolute atomic E-state index is 0.245. The van der Waals surface area contributed by atoms with Crippen molar-refractivity contribution < 1.29 is 9.21 Å². The lowest BCUT2D eigenvalue weighted by Crippen LogP contribution is -2.10. The van der Waals surface area contributed by atoms with Crippen molar-refractivity contribution in [1.82, 2.24) is 4.98 Å². The highest BCUT2D eigenvalue weighted by Crippen LogP contribution is 2.23. The molecule has 4 heteroatoms. The molecule has 23 heavy (non-hydrogen) atoms. The number of amides is 1. The standard InChI is InChI=1S/C19H16N2O2/c1-11-3-4-13-10-18(23-17(13)7-11)19(22)21-15-5-6-16-14(9-15)8-12(2)20-16/h3-10,20H,1-2H3,(H,21,22). The minimum Gasteiger partial charge on any atom is -0.451 e. The lowest BCUT2D eigenvalue weighted by molar-refractivity contribution is 0.0998. The number of H-pyrrole nitrogens is 1. The van der Waals surface area contributed by atoms with Gasteiger partial charge in [0.05, 0.1) is 0 Å². The molecule has 0 spiro atoms. The Balaban J connectivity index is 1.64. The summed E-state index contributed by atoms with van der Waals surface area (Å²) in [7, 11) is 0. The van der Waals surface area contributed by atoms with Crippen LogP contribution in [-0.2, 0) is 0 Å². The number of aromatic amines is 1. The van der Waals surface area contributed by atoms with Gasteiger partial charge in [0.25, 0.3) is 5.91 Å². The number of carbonyl (C=O) groups is 1. The number of hydrogen-bond acceptors (Lipinski definition) is 2. The number of hydrogen-bond donors (Lipinski definition) is 2. The molecule has 2 aromatic heterocycles. The third-order valence-electron chi connectivity index (χ3n) is 3.91. The number of aryl methyl sites for hydroxylation is 2. The molecule has 4 rings (SSSR count). The molecule has 4 aromatic rings. The average Bonchev–Trinajstić information content (AvgIpc) is 3.08. The van der Waals surface area contributed by atoms with Gasteiger partial charge in [0.1, 0.15) is 5.58 Å². The van der Waals surface area contributed by atoms with Gasteiger partial charge in [-0.1, -0.05) is 12.1 Å². The number of aromatic nitrogens is 1. The molecular formula is C19H16N2O2. The van der Waals surface area contributed by atoms with Crippen LogP contribution in [0.1, 0.15) is 21.8 Å². The van der Waals surface area contributed by atoms with Crippen LogP contribution in [0.4, 0.5) is 5.69 Å². The van der Waals surface area contributed by atoms with Gasteiger partial charge in [-0.2, -0.15) is 0 Å². The largest absolute Gasteiger partial charge is 0.451 e. The molecule has 1 amide bonds. The third kappa shape index (κ3) is 2.48. The molecule has 0 fully saturated rings. The maximum absolute atomic E-state index is 12.4. The summed E-state index contributed by atoms with van der Waals surface area (Å²) in [5, 5.41) is 4.89. The average molecular weight is 304 g/mol.